The predicted octanol–water partition coefficient (Wildman–Crippen LogP) is 4.13. The number of nitrogens with zero attached hydrogens (tertiary/aromatic N) is 1. The summed E-state index contributed by atoms with van der Waals surface area (Å²) < 4.78 is 2.54. The first-order chi connectivity index (χ1) is 8.92. The molecule has 2 aromatic rings. The van der Waals surface area contributed by atoms with Crippen LogP contribution in [0.4, 0.5) is 11.4 Å². The molecule has 2 aromatic carbocycles. The van der Waals surface area contributed by atoms with Gasteiger partial charge in [-0.2, -0.15) is 0 Å². The van der Waals surface area contributed by atoms with Gasteiger partial charge in [0.05, 0.1) is 0 Å². The lowest BCUT2D eigenvalue weighted by atomic mass is 10.3. The summed E-state index contributed by atoms with van der Waals surface area (Å²) in [4.78, 5) is 0. The van der Waals surface area contributed by atoms with Gasteiger partial charge in [-0.05, 0) is 30.3 Å². The molecule has 0 fully saturated rings. The van der Waals surface area contributed by atoms with E-state index in [0.717, 1.165) is 0 Å². The van der Waals surface area contributed by atoms with E-state index in [9.17, 15) is 0 Å². The smallest absolute Gasteiger partial charge is 0.130 e. The fraction of sp³-hybridized carbons (Fsp3) is 0.250. The highest BCUT2D eigenvalue weighted by atomic mass is 28.2. The predicted molar refractivity (Wildman–Crippen MR) is 83.3 cm³/mol. The van der Waals surface area contributed by atoms with Crippen molar-refractivity contribution in [3.05, 3.63) is 60.7 Å². The van der Waals surface area contributed by atoms with Gasteiger partial charge in [0, 0.05) is 11.4 Å². The number of rotatable bonds is 6. The highest BCUT2D eigenvalue weighted by Crippen LogP contribution is 2.24. The Morgan fingerprint density at radius 2 is 1.33 bits per heavy atom. The molecule has 0 aliphatic carbocycles. The number of para-hydroxylation sites is 2. The van der Waals surface area contributed by atoms with E-state index in [1.165, 1.54) is 30.3 Å². The van der Waals surface area contributed by atoms with Gasteiger partial charge in [0.25, 0.3) is 0 Å². The second-order valence-corrected chi connectivity index (χ2v) is 6.32. The van der Waals surface area contributed by atoms with E-state index >= 15 is 0 Å². The summed E-state index contributed by atoms with van der Waals surface area (Å²) in [6.45, 7) is 2.27. The van der Waals surface area contributed by atoms with Crippen molar-refractivity contribution in [2.24, 2.45) is 0 Å². The second kappa shape index (κ2) is 7.02. The lowest BCUT2D eigenvalue weighted by Crippen LogP contribution is -2.21. The van der Waals surface area contributed by atoms with Gasteiger partial charge in [-0.3, -0.25) is 0 Å². The van der Waals surface area contributed by atoms with Gasteiger partial charge < -0.3 is 4.57 Å². The van der Waals surface area contributed by atoms with Crippen molar-refractivity contribution in [2.75, 3.05) is 4.57 Å². The van der Waals surface area contributed by atoms with E-state index in [2.05, 4.69) is 72.2 Å². The molecule has 2 rings (SSSR count). The largest absolute Gasteiger partial charge is 0.375 e. The van der Waals surface area contributed by atoms with E-state index in [0.29, 0.717) is 0 Å². The molecular formula is C16H21NSi. The van der Waals surface area contributed by atoms with Crippen LogP contribution in [0.5, 0.6) is 0 Å². The molecule has 1 nitrogen and oxygen atoms in total. The molecular weight excluding hydrogens is 234 g/mol. The van der Waals surface area contributed by atoms with Gasteiger partial charge in [-0.25, -0.2) is 0 Å². The molecule has 0 aliphatic rings. The van der Waals surface area contributed by atoms with Gasteiger partial charge in [0.15, 0.2) is 0 Å². The average molecular weight is 255 g/mol. The van der Waals surface area contributed by atoms with Crippen molar-refractivity contribution in [1.29, 1.82) is 0 Å². The second-order valence-electron chi connectivity index (χ2n) is 4.53. The Kier molecular flexibility index (Phi) is 5.03. The van der Waals surface area contributed by atoms with Crippen molar-refractivity contribution in [2.45, 2.75) is 25.8 Å². The molecule has 0 bridgehead atoms. The summed E-state index contributed by atoms with van der Waals surface area (Å²) in [7, 11) is -0.249. The molecule has 0 radical (unpaired) electrons. The number of unbranched alkanes of at least 4 members (excludes halogenated alkanes) is 1. The average Bonchev–Trinajstić information content (AvgIpc) is 2.46. The highest BCUT2D eigenvalue weighted by molar-refractivity contribution is 6.44. The van der Waals surface area contributed by atoms with Crippen LogP contribution >= 0.6 is 0 Å². The fourth-order valence-electron chi connectivity index (χ4n) is 2.14. The molecule has 0 unspecified atom stereocenters. The third-order valence-electron chi connectivity index (χ3n) is 3.12. The molecule has 0 spiro atoms. The zero-order chi connectivity index (χ0) is 12.6. The Morgan fingerprint density at radius 3 is 1.78 bits per heavy atom. The first-order valence-electron chi connectivity index (χ1n) is 6.79. The summed E-state index contributed by atoms with van der Waals surface area (Å²) >= 11 is 0. The highest BCUT2D eigenvalue weighted by Gasteiger charge is 2.07. The Hall–Kier alpha value is -1.54. The Labute approximate surface area is 112 Å². The van der Waals surface area contributed by atoms with Crippen molar-refractivity contribution < 1.29 is 0 Å². The van der Waals surface area contributed by atoms with Crippen LogP contribution in [-0.2, 0) is 0 Å². The molecule has 0 aliphatic heterocycles. The molecule has 94 valence electrons. The minimum Gasteiger partial charge on any atom is -0.375 e. The van der Waals surface area contributed by atoms with Crippen LogP contribution in [0.25, 0.3) is 0 Å². The molecule has 0 heterocycles. The Morgan fingerprint density at radius 1 is 0.833 bits per heavy atom. The molecule has 0 aromatic heterocycles. The van der Waals surface area contributed by atoms with Crippen molar-refractivity contribution >= 4 is 21.1 Å². The molecule has 0 saturated carbocycles. The Bertz CT molecular complexity index is 402. The molecule has 0 atom stereocenters. The summed E-state index contributed by atoms with van der Waals surface area (Å²) in [5.74, 6) is 0. The van der Waals surface area contributed by atoms with Crippen LogP contribution in [0.15, 0.2) is 60.7 Å². The Balaban J connectivity index is 2.18. The van der Waals surface area contributed by atoms with E-state index in [1.54, 1.807) is 0 Å². The maximum Gasteiger partial charge on any atom is 0.130 e. The molecule has 0 amide bonds. The van der Waals surface area contributed by atoms with E-state index in [1.807, 2.05) is 0 Å². The van der Waals surface area contributed by atoms with Crippen LogP contribution in [-0.4, -0.2) is 9.68 Å². The lowest BCUT2D eigenvalue weighted by molar-refractivity contribution is 0.877. The minimum absolute atomic E-state index is 0.249. The van der Waals surface area contributed by atoms with Crippen LogP contribution in [0.3, 0.4) is 0 Å². The van der Waals surface area contributed by atoms with Crippen LogP contribution < -0.4 is 4.57 Å². The van der Waals surface area contributed by atoms with Crippen molar-refractivity contribution in [3.63, 3.8) is 0 Å². The minimum atomic E-state index is -0.249. The summed E-state index contributed by atoms with van der Waals surface area (Å²) in [6.07, 6.45) is 2.65. The number of benzene rings is 2. The van der Waals surface area contributed by atoms with Crippen LogP contribution in [0.1, 0.15) is 19.8 Å². The molecule has 0 saturated heterocycles. The molecule has 0 N–H and O–H groups in total. The standard InChI is InChI=1S/C16H21NSi/c1-2-3-14-18-17(15-10-6-4-7-11-15)16-12-8-5-9-13-16/h4-13H,2-3,14,18H2,1H3. The molecule has 2 heteroatoms. The first kappa shape index (κ1) is 12.9. The number of hydrogen-bond acceptors (Lipinski definition) is 1. The number of anilines is 2. The van der Waals surface area contributed by atoms with Crippen molar-refractivity contribution in [1.82, 2.24) is 0 Å². The quantitative estimate of drug-likeness (QED) is 0.554. The zero-order valence-electron chi connectivity index (χ0n) is 11.0. The summed E-state index contributed by atoms with van der Waals surface area (Å²) in [5.41, 5.74) is 2.68. The zero-order valence-corrected chi connectivity index (χ0v) is 12.5. The number of hydrogen-bond donors (Lipinski definition) is 0. The fourth-order valence-corrected chi connectivity index (χ4v) is 4.12. The summed E-state index contributed by atoms with van der Waals surface area (Å²) in [6, 6.07) is 22.9. The van der Waals surface area contributed by atoms with Gasteiger partial charge in [-0.15, -0.1) is 0 Å². The monoisotopic (exact) mass is 255 g/mol. The molecule has 18 heavy (non-hydrogen) atoms. The first-order valence-corrected chi connectivity index (χ1v) is 8.42. The van der Waals surface area contributed by atoms with Gasteiger partial charge in [-0.1, -0.05) is 56.2 Å². The maximum atomic E-state index is 2.54. The van der Waals surface area contributed by atoms with Crippen LogP contribution in [0.2, 0.25) is 6.04 Å². The van der Waals surface area contributed by atoms with Gasteiger partial charge >= 0.3 is 0 Å². The SMILES string of the molecule is CCCC[SiH2]N(c1ccccc1)c1ccccc1. The van der Waals surface area contributed by atoms with E-state index in [4.69, 9.17) is 0 Å². The van der Waals surface area contributed by atoms with E-state index < -0.39 is 0 Å². The third-order valence-corrected chi connectivity index (χ3v) is 5.11. The normalized spacial score (nSPS) is 10.9. The topological polar surface area (TPSA) is 3.24 Å². The van der Waals surface area contributed by atoms with Gasteiger partial charge in [0.1, 0.15) is 9.68 Å². The lowest BCUT2D eigenvalue weighted by Gasteiger charge is -2.25. The summed E-state index contributed by atoms with van der Waals surface area (Å²) in [5, 5.41) is 0. The van der Waals surface area contributed by atoms with Gasteiger partial charge in [0.2, 0.25) is 0 Å². The van der Waals surface area contributed by atoms with E-state index in [-0.39, 0.29) is 9.68 Å². The van der Waals surface area contributed by atoms with Crippen molar-refractivity contribution in [3.8, 4) is 0 Å². The maximum absolute atomic E-state index is 2.54. The third kappa shape index (κ3) is 3.47. The van der Waals surface area contributed by atoms with Crippen LogP contribution in [0, 0.1) is 0 Å².